The van der Waals surface area contributed by atoms with Gasteiger partial charge in [0.15, 0.2) is 0 Å². The Morgan fingerprint density at radius 2 is 0.844 bits per heavy atom. The zero-order valence-electron chi connectivity index (χ0n) is 22.8. The molecule has 4 atom stereocenters. The molecule has 0 N–H and O–H groups in total. The fraction of sp³-hybridized carbons (Fsp3) is 1.00. The van der Waals surface area contributed by atoms with Gasteiger partial charge in [0.2, 0.25) is 0 Å². The molecule has 0 amide bonds. The Kier molecular flexibility index (Phi) is 9.44. The van der Waals surface area contributed by atoms with Crippen LogP contribution in [-0.4, -0.2) is 145 Å². The molecular formula is C26H54N6. The van der Waals surface area contributed by atoms with Crippen molar-refractivity contribution in [3.8, 4) is 0 Å². The smallest absolute Gasteiger partial charge is 0.0239 e. The second kappa shape index (κ2) is 11.5. The van der Waals surface area contributed by atoms with E-state index in [0.717, 1.165) is 0 Å². The summed E-state index contributed by atoms with van der Waals surface area (Å²) in [4.78, 5) is 16.2. The molecule has 0 radical (unpaired) electrons. The molecule has 3 heterocycles. The maximum Gasteiger partial charge on any atom is 0.0239 e. The molecule has 3 fully saturated rings. The van der Waals surface area contributed by atoms with Crippen LogP contribution in [0.15, 0.2) is 0 Å². The molecular weight excluding hydrogens is 396 g/mol. The Balaban J connectivity index is 1.69. The molecule has 32 heavy (non-hydrogen) atoms. The summed E-state index contributed by atoms with van der Waals surface area (Å²) in [5.41, 5.74) is 0. The number of rotatable bonds is 7. The molecule has 3 saturated heterocycles. The standard InChI is InChI=1S/C26H54N6/c1-20(2)30-12-10-27(7)23(16-30)14-25-18-32(22(5)6)19-26(29(25)9)15-24-17-31(21(3)4)13-11-28(24)8/h20-26H,10-19H2,1-9H3/t23-,24?,25?,26+/m1/s1. The third kappa shape index (κ3) is 6.45. The van der Waals surface area contributed by atoms with Crippen molar-refractivity contribution < 1.29 is 0 Å². The molecule has 0 aromatic carbocycles. The summed E-state index contributed by atoms with van der Waals surface area (Å²) in [6.45, 7) is 23.9. The molecule has 0 spiro atoms. The minimum absolute atomic E-state index is 0.626. The lowest BCUT2D eigenvalue weighted by Gasteiger charge is -2.51. The monoisotopic (exact) mass is 450 g/mol. The third-order valence-electron chi connectivity index (χ3n) is 8.94. The SMILES string of the molecule is CC(C)N1CCN(C)C(C[C@H]2CN(C(C)C)CC(C[C@@H]3CN(C(C)C)CCN3C)N2C)C1. The topological polar surface area (TPSA) is 19.4 Å². The summed E-state index contributed by atoms with van der Waals surface area (Å²) in [7, 11) is 7.12. The van der Waals surface area contributed by atoms with E-state index in [-0.39, 0.29) is 0 Å². The molecule has 3 aliphatic rings. The van der Waals surface area contributed by atoms with Crippen molar-refractivity contribution in [2.45, 2.75) is 96.7 Å². The number of hydrogen-bond acceptors (Lipinski definition) is 6. The molecule has 3 aliphatic heterocycles. The molecule has 0 aliphatic carbocycles. The van der Waals surface area contributed by atoms with E-state index in [1.54, 1.807) is 0 Å². The van der Waals surface area contributed by atoms with Crippen molar-refractivity contribution in [2.24, 2.45) is 0 Å². The van der Waals surface area contributed by atoms with Gasteiger partial charge in [0.1, 0.15) is 0 Å². The summed E-state index contributed by atoms with van der Waals surface area (Å²) >= 11 is 0. The first-order chi connectivity index (χ1) is 15.1. The minimum atomic E-state index is 0.626. The molecule has 6 nitrogen and oxygen atoms in total. The van der Waals surface area contributed by atoms with E-state index in [2.05, 4.69) is 92.1 Å². The van der Waals surface area contributed by atoms with Gasteiger partial charge in [0.25, 0.3) is 0 Å². The average Bonchev–Trinajstić information content (AvgIpc) is 2.73. The van der Waals surface area contributed by atoms with Crippen molar-refractivity contribution in [3.63, 3.8) is 0 Å². The fourth-order valence-corrected chi connectivity index (χ4v) is 6.09. The maximum atomic E-state index is 2.78. The van der Waals surface area contributed by atoms with E-state index < -0.39 is 0 Å². The molecule has 0 aromatic heterocycles. The zero-order valence-corrected chi connectivity index (χ0v) is 22.8. The Hall–Kier alpha value is -0.240. The van der Waals surface area contributed by atoms with Crippen LogP contribution in [0, 0.1) is 0 Å². The van der Waals surface area contributed by atoms with E-state index >= 15 is 0 Å². The van der Waals surface area contributed by atoms with Crippen LogP contribution in [-0.2, 0) is 0 Å². The number of piperazine rings is 3. The quantitative estimate of drug-likeness (QED) is 0.588. The van der Waals surface area contributed by atoms with E-state index in [0.29, 0.717) is 42.3 Å². The van der Waals surface area contributed by atoms with Crippen molar-refractivity contribution in [2.75, 3.05) is 73.5 Å². The molecule has 3 rings (SSSR count). The highest BCUT2D eigenvalue weighted by Gasteiger charge is 2.38. The van der Waals surface area contributed by atoms with Gasteiger partial charge in [-0.1, -0.05) is 0 Å². The van der Waals surface area contributed by atoms with E-state index in [4.69, 9.17) is 0 Å². The number of nitrogens with zero attached hydrogens (tertiary/aromatic N) is 6. The Morgan fingerprint density at radius 3 is 1.19 bits per heavy atom. The summed E-state index contributed by atoms with van der Waals surface area (Å²) in [5, 5.41) is 0. The largest absolute Gasteiger partial charge is 0.301 e. The van der Waals surface area contributed by atoms with Crippen LogP contribution < -0.4 is 0 Å². The van der Waals surface area contributed by atoms with Gasteiger partial charge >= 0.3 is 0 Å². The lowest BCUT2D eigenvalue weighted by molar-refractivity contribution is -0.0201. The predicted molar refractivity (Wildman–Crippen MR) is 138 cm³/mol. The molecule has 6 heteroatoms. The zero-order chi connectivity index (χ0) is 23.6. The van der Waals surface area contributed by atoms with Gasteiger partial charge in [0.05, 0.1) is 0 Å². The van der Waals surface area contributed by atoms with Crippen LogP contribution in [0.1, 0.15) is 54.4 Å². The van der Waals surface area contributed by atoms with Crippen molar-refractivity contribution in [1.29, 1.82) is 0 Å². The second-order valence-corrected chi connectivity index (χ2v) is 11.9. The second-order valence-electron chi connectivity index (χ2n) is 11.9. The molecule has 0 saturated carbocycles. The average molecular weight is 451 g/mol. The van der Waals surface area contributed by atoms with Crippen molar-refractivity contribution >= 4 is 0 Å². The van der Waals surface area contributed by atoms with Gasteiger partial charge < -0.3 is 9.80 Å². The first-order valence-electron chi connectivity index (χ1n) is 13.4. The van der Waals surface area contributed by atoms with E-state index in [9.17, 15) is 0 Å². The van der Waals surface area contributed by atoms with Gasteiger partial charge in [-0.15, -0.1) is 0 Å². The van der Waals surface area contributed by atoms with Gasteiger partial charge in [-0.2, -0.15) is 0 Å². The van der Waals surface area contributed by atoms with Crippen LogP contribution >= 0.6 is 0 Å². The molecule has 0 bridgehead atoms. The van der Waals surface area contributed by atoms with Crippen LogP contribution in [0.4, 0.5) is 0 Å². The van der Waals surface area contributed by atoms with Gasteiger partial charge in [-0.3, -0.25) is 19.6 Å². The lowest BCUT2D eigenvalue weighted by atomic mass is 9.93. The van der Waals surface area contributed by atoms with Crippen molar-refractivity contribution in [3.05, 3.63) is 0 Å². The normalized spacial score (nSPS) is 33.8. The fourth-order valence-electron chi connectivity index (χ4n) is 6.09. The summed E-state index contributed by atoms with van der Waals surface area (Å²) in [6.07, 6.45) is 2.57. The summed E-state index contributed by atoms with van der Waals surface area (Å²) in [6, 6.07) is 4.56. The highest BCUT2D eigenvalue weighted by atomic mass is 15.3. The van der Waals surface area contributed by atoms with Crippen molar-refractivity contribution in [1.82, 2.24) is 29.4 Å². The molecule has 188 valence electrons. The molecule has 2 unspecified atom stereocenters. The summed E-state index contributed by atoms with van der Waals surface area (Å²) < 4.78 is 0. The van der Waals surface area contributed by atoms with Gasteiger partial charge in [-0.25, -0.2) is 0 Å². The third-order valence-corrected chi connectivity index (χ3v) is 8.94. The highest BCUT2D eigenvalue weighted by molar-refractivity contribution is 4.96. The van der Waals surface area contributed by atoms with Crippen LogP contribution in [0.2, 0.25) is 0 Å². The Bertz CT molecular complexity index is 523. The Morgan fingerprint density at radius 1 is 0.500 bits per heavy atom. The first kappa shape index (κ1) is 26.4. The van der Waals surface area contributed by atoms with E-state index in [1.165, 1.54) is 65.2 Å². The van der Waals surface area contributed by atoms with Gasteiger partial charge in [-0.05, 0) is 75.5 Å². The maximum absolute atomic E-state index is 2.78. The lowest BCUT2D eigenvalue weighted by Crippen LogP contribution is -2.63. The van der Waals surface area contributed by atoms with Gasteiger partial charge in [0, 0.05) is 94.7 Å². The first-order valence-corrected chi connectivity index (χ1v) is 13.4. The number of likely N-dealkylation sites (N-methyl/N-ethyl adjacent to an activating group) is 3. The minimum Gasteiger partial charge on any atom is -0.301 e. The predicted octanol–water partition coefficient (Wildman–Crippen LogP) is 2.21. The highest BCUT2D eigenvalue weighted by Crippen LogP contribution is 2.27. The van der Waals surface area contributed by atoms with Crippen LogP contribution in [0.5, 0.6) is 0 Å². The van der Waals surface area contributed by atoms with E-state index in [1.807, 2.05) is 0 Å². The van der Waals surface area contributed by atoms with Crippen LogP contribution in [0.25, 0.3) is 0 Å². The molecule has 0 aromatic rings. The number of hydrogen-bond donors (Lipinski definition) is 0. The summed E-state index contributed by atoms with van der Waals surface area (Å²) in [5.74, 6) is 0. The van der Waals surface area contributed by atoms with Crippen LogP contribution in [0.3, 0.4) is 0 Å². The Labute approximate surface area is 199 Å².